The molecule has 1 aliphatic heterocycles. The number of imide groups is 1. The lowest BCUT2D eigenvalue weighted by atomic mass is 9.92. The molecule has 9 heteroatoms. The summed E-state index contributed by atoms with van der Waals surface area (Å²) in [6, 6.07) is 4.68. The van der Waals surface area contributed by atoms with Gasteiger partial charge in [-0.1, -0.05) is 38.2 Å². The van der Waals surface area contributed by atoms with E-state index in [4.69, 9.17) is 4.74 Å². The molecule has 1 heterocycles. The fraction of sp³-hybridized carbons (Fsp3) is 0.692. The van der Waals surface area contributed by atoms with Crippen molar-refractivity contribution in [3.8, 4) is 5.75 Å². The number of nitrogens with one attached hydrogen (secondary N) is 2. The van der Waals surface area contributed by atoms with Gasteiger partial charge in [0.2, 0.25) is 21.8 Å². The molecule has 4 rings (SSSR count). The van der Waals surface area contributed by atoms with Gasteiger partial charge in [-0.05, 0) is 68.6 Å². The first-order valence-electron chi connectivity index (χ1n) is 13.0. The van der Waals surface area contributed by atoms with Crippen molar-refractivity contribution in [2.75, 3.05) is 12.4 Å². The van der Waals surface area contributed by atoms with Crippen LogP contribution in [0.4, 0.5) is 4.39 Å². The molecule has 1 aromatic rings. The number of ether oxygens (including phenoxy) is 1. The molecule has 1 aromatic carbocycles. The molecule has 0 bridgehead atoms. The SMILES string of the molecule is O=C1CCC(CCCCCCCCS(=O)(=O)NC2(c3ccc(F)c(OCC4CC4)c3)CC2)C(=O)N1. The fourth-order valence-corrected chi connectivity index (χ4v) is 6.33. The monoisotopic (exact) mass is 508 g/mol. The lowest BCUT2D eigenvalue weighted by Gasteiger charge is -2.20. The molecule has 2 amide bonds. The molecule has 35 heavy (non-hydrogen) atoms. The van der Waals surface area contributed by atoms with Crippen LogP contribution in [0.5, 0.6) is 5.75 Å². The predicted molar refractivity (Wildman–Crippen MR) is 131 cm³/mol. The van der Waals surface area contributed by atoms with Gasteiger partial charge in [0.1, 0.15) is 0 Å². The topological polar surface area (TPSA) is 102 Å². The average molecular weight is 509 g/mol. The molecule has 7 nitrogen and oxygen atoms in total. The smallest absolute Gasteiger partial charge is 0.229 e. The first-order chi connectivity index (χ1) is 16.8. The number of amides is 2. The molecule has 2 aliphatic carbocycles. The van der Waals surface area contributed by atoms with Crippen LogP contribution in [0.3, 0.4) is 0 Å². The van der Waals surface area contributed by atoms with E-state index in [1.165, 1.54) is 6.07 Å². The Kier molecular flexibility index (Phi) is 8.47. The summed E-state index contributed by atoms with van der Waals surface area (Å²) < 4.78 is 48.1. The zero-order valence-corrected chi connectivity index (χ0v) is 21.1. The van der Waals surface area contributed by atoms with Crippen LogP contribution < -0.4 is 14.8 Å². The highest BCUT2D eigenvalue weighted by atomic mass is 32.2. The van der Waals surface area contributed by atoms with Gasteiger partial charge in [0.05, 0.1) is 17.9 Å². The van der Waals surface area contributed by atoms with Crippen molar-refractivity contribution < 1.29 is 27.1 Å². The van der Waals surface area contributed by atoms with Gasteiger partial charge in [0.15, 0.2) is 11.6 Å². The van der Waals surface area contributed by atoms with Gasteiger partial charge in [-0.2, -0.15) is 0 Å². The molecule has 194 valence electrons. The Balaban J connectivity index is 1.13. The third kappa shape index (κ3) is 7.74. The second-order valence-corrected chi connectivity index (χ2v) is 12.3. The minimum absolute atomic E-state index is 0.0550. The minimum Gasteiger partial charge on any atom is -0.490 e. The Morgan fingerprint density at radius 1 is 1.03 bits per heavy atom. The van der Waals surface area contributed by atoms with Gasteiger partial charge >= 0.3 is 0 Å². The van der Waals surface area contributed by atoms with Crippen LogP contribution in [-0.2, 0) is 25.2 Å². The Labute approximate surface area is 207 Å². The summed E-state index contributed by atoms with van der Waals surface area (Å²) in [6.45, 7) is 0.510. The Morgan fingerprint density at radius 3 is 2.43 bits per heavy atom. The third-order valence-corrected chi connectivity index (χ3v) is 8.85. The van der Waals surface area contributed by atoms with E-state index in [0.717, 1.165) is 56.9 Å². The quantitative estimate of drug-likeness (QED) is 0.272. The summed E-state index contributed by atoms with van der Waals surface area (Å²) in [4.78, 5) is 23.0. The van der Waals surface area contributed by atoms with Crippen molar-refractivity contribution in [3.05, 3.63) is 29.6 Å². The Morgan fingerprint density at radius 2 is 1.74 bits per heavy atom. The number of carbonyl (C=O) groups is 2. The van der Waals surface area contributed by atoms with E-state index in [0.29, 0.717) is 44.6 Å². The molecular formula is C26H37FN2O5S. The number of sulfonamides is 1. The summed E-state index contributed by atoms with van der Waals surface area (Å²) >= 11 is 0. The number of benzene rings is 1. The van der Waals surface area contributed by atoms with Crippen molar-refractivity contribution in [2.45, 2.75) is 89.0 Å². The third-order valence-electron chi connectivity index (χ3n) is 7.33. The number of halogens is 1. The second-order valence-electron chi connectivity index (χ2n) is 10.5. The van der Waals surface area contributed by atoms with Crippen LogP contribution in [0, 0.1) is 17.7 Å². The van der Waals surface area contributed by atoms with Crippen molar-refractivity contribution in [1.82, 2.24) is 10.0 Å². The van der Waals surface area contributed by atoms with Crippen LogP contribution in [-0.4, -0.2) is 32.6 Å². The van der Waals surface area contributed by atoms with E-state index in [-0.39, 0.29) is 29.2 Å². The van der Waals surface area contributed by atoms with Gasteiger partial charge in [-0.15, -0.1) is 0 Å². The number of carbonyl (C=O) groups excluding carboxylic acids is 2. The summed E-state index contributed by atoms with van der Waals surface area (Å²) in [5.41, 5.74) is 0.129. The standard InChI is InChI=1S/C26H37FN2O5S/c27-22-12-11-21(17-23(22)34-18-19-8-9-19)26(14-15-26)29-35(32,33)16-6-4-2-1-3-5-7-20-10-13-24(30)28-25(20)31/h11-12,17,19-20,29H,1-10,13-16,18H2,(H,28,30,31). The van der Waals surface area contributed by atoms with Crippen molar-refractivity contribution >= 4 is 21.8 Å². The molecule has 3 aliphatic rings. The van der Waals surface area contributed by atoms with Crippen molar-refractivity contribution in [2.24, 2.45) is 11.8 Å². The largest absolute Gasteiger partial charge is 0.490 e. The molecule has 0 aromatic heterocycles. The molecule has 1 saturated heterocycles. The van der Waals surface area contributed by atoms with Gasteiger partial charge in [0.25, 0.3) is 0 Å². The lowest BCUT2D eigenvalue weighted by molar-refractivity contribution is -0.136. The second kappa shape index (κ2) is 11.4. The lowest BCUT2D eigenvalue weighted by Crippen LogP contribution is -2.40. The molecular weight excluding hydrogens is 471 g/mol. The van der Waals surface area contributed by atoms with Gasteiger partial charge in [0, 0.05) is 12.3 Å². The average Bonchev–Trinajstić information content (AvgIpc) is 3.73. The molecule has 3 fully saturated rings. The number of hydrogen-bond donors (Lipinski definition) is 2. The molecule has 2 N–H and O–H groups in total. The summed E-state index contributed by atoms with van der Waals surface area (Å²) in [7, 11) is -3.44. The van der Waals surface area contributed by atoms with Crippen LogP contribution in [0.2, 0.25) is 0 Å². The van der Waals surface area contributed by atoms with Crippen molar-refractivity contribution in [1.29, 1.82) is 0 Å². The van der Waals surface area contributed by atoms with E-state index in [1.807, 2.05) is 0 Å². The molecule has 0 radical (unpaired) electrons. The number of unbranched alkanes of at least 4 members (excludes halogenated alkanes) is 5. The normalized spacial score (nSPS) is 21.6. The van der Waals surface area contributed by atoms with E-state index in [2.05, 4.69) is 10.0 Å². The fourth-order valence-electron chi connectivity index (χ4n) is 4.73. The van der Waals surface area contributed by atoms with E-state index in [9.17, 15) is 22.4 Å². The maximum Gasteiger partial charge on any atom is 0.229 e. The predicted octanol–water partition coefficient (Wildman–Crippen LogP) is 4.31. The zero-order chi connectivity index (χ0) is 24.9. The first kappa shape index (κ1) is 26.1. The maximum absolute atomic E-state index is 14.1. The van der Waals surface area contributed by atoms with Gasteiger partial charge in [-0.3, -0.25) is 14.9 Å². The zero-order valence-electron chi connectivity index (χ0n) is 20.3. The van der Waals surface area contributed by atoms with E-state index < -0.39 is 21.4 Å². The number of piperidine rings is 1. The van der Waals surface area contributed by atoms with Crippen LogP contribution in [0.1, 0.15) is 89.0 Å². The van der Waals surface area contributed by atoms with Crippen LogP contribution in [0.15, 0.2) is 18.2 Å². The van der Waals surface area contributed by atoms with Gasteiger partial charge < -0.3 is 4.74 Å². The molecule has 1 atom stereocenters. The van der Waals surface area contributed by atoms with Gasteiger partial charge in [-0.25, -0.2) is 17.5 Å². The van der Waals surface area contributed by atoms with E-state index in [1.54, 1.807) is 12.1 Å². The Bertz CT molecular complexity index is 1020. The Hall–Kier alpha value is -2.00. The summed E-state index contributed by atoms with van der Waals surface area (Å²) in [6.07, 6.45) is 10.8. The molecule has 1 unspecified atom stereocenters. The van der Waals surface area contributed by atoms with Crippen LogP contribution in [0.25, 0.3) is 0 Å². The highest BCUT2D eigenvalue weighted by Crippen LogP contribution is 2.47. The number of hydrogen-bond acceptors (Lipinski definition) is 5. The maximum atomic E-state index is 14.1. The van der Waals surface area contributed by atoms with Crippen LogP contribution >= 0.6 is 0 Å². The molecule has 2 saturated carbocycles. The number of rotatable bonds is 15. The summed E-state index contributed by atoms with van der Waals surface area (Å²) in [5, 5.41) is 2.40. The first-order valence-corrected chi connectivity index (χ1v) is 14.7. The van der Waals surface area contributed by atoms with E-state index >= 15 is 0 Å². The highest BCUT2D eigenvalue weighted by Gasteiger charge is 2.47. The minimum atomic E-state index is -3.44. The highest BCUT2D eigenvalue weighted by molar-refractivity contribution is 7.89. The summed E-state index contributed by atoms with van der Waals surface area (Å²) in [5.74, 6) is 0.00994. The van der Waals surface area contributed by atoms with Crippen molar-refractivity contribution in [3.63, 3.8) is 0 Å². The molecule has 0 spiro atoms.